The van der Waals surface area contributed by atoms with Gasteiger partial charge in [0.25, 0.3) is 17.7 Å². The van der Waals surface area contributed by atoms with Crippen molar-refractivity contribution in [2.24, 2.45) is 7.05 Å². The van der Waals surface area contributed by atoms with Gasteiger partial charge >= 0.3 is 6.18 Å². The second kappa shape index (κ2) is 15.2. The van der Waals surface area contributed by atoms with Gasteiger partial charge in [-0.25, -0.2) is 14.6 Å². The maximum atomic E-state index is 14.0. The number of piperazine rings is 1. The highest BCUT2D eigenvalue weighted by molar-refractivity contribution is 6.34. The molecule has 0 unspecified atom stereocenters. The lowest BCUT2D eigenvalue weighted by molar-refractivity contribution is -0.895. The van der Waals surface area contributed by atoms with Gasteiger partial charge in [0, 0.05) is 58.0 Å². The number of benzene rings is 1. The highest BCUT2D eigenvalue weighted by atomic mass is 35.5. The third-order valence-electron chi connectivity index (χ3n) is 9.16. The molecule has 0 spiro atoms. The molecule has 2 aliphatic rings. The number of carbonyl (C=O) groups excluding carboxylic acids is 4. The van der Waals surface area contributed by atoms with Crippen molar-refractivity contribution < 1.29 is 47.0 Å². The number of likely N-dealkylation sites (tertiary alicyclic amines) is 1. The topological polar surface area (TPSA) is 205 Å². The van der Waals surface area contributed by atoms with Gasteiger partial charge in [-0.1, -0.05) is 11.6 Å². The molecule has 3 aromatic heterocycles. The quantitative estimate of drug-likeness (QED) is 0.188. The third-order valence-corrected chi connectivity index (χ3v) is 9.48. The molecule has 2 saturated heterocycles. The molecule has 20 heteroatoms. The van der Waals surface area contributed by atoms with Crippen LogP contribution in [0.5, 0.6) is 0 Å². The Balaban J connectivity index is 0.00000175. The van der Waals surface area contributed by atoms with E-state index in [4.69, 9.17) is 27.2 Å². The van der Waals surface area contributed by atoms with Gasteiger partial charge in [0.2, 0.25) is 0 Å². The van der Waals surface area contributed by atoms with Crippen LogP contribution in [0, 0.1) is 0 Å². The fraction of sp³-hybridized carbons (Fsp3) is 0.364. The summed E-state index contributed by atoms with van der Waals surface area (Å²) in [5.41, 5.74) is 4.86. The Labute approximate surface area is 305 Å². The molecule has 53 heavy (non-hydrogen) atoms. The number of nitrogens with two attached hydrogens (primary N) is 1. The van der Waals surface area contributed by atoms with Crippen LogP contribution in [0.1, 0.15) is 33.1 Å². The number of nitrogen functional groups attached to an aromatic ring is 1. The van der Waals surface area contributed by atoms with Crippen molar-refractivity contribution in [3.8, 4) is 17.1 Å². The van der Waals surface area contributed by atoms with E-state index in [0.717, 1.165) is 17.1 Å². The van der Waals surface area contributed by atoms with Crippen LogP contribution in [0.15, 0.2) is 48.9 Å². The predicted molar refractivity (Wildman–Crippen MR) is 182 cm³/mol. The molecule has 4 N–H and O–H groups in total. The molecule has 0 bridgehead atoms. The summed E-state index contributed by atoms with van der Waals surface area (Å²) in [6, 6.07) is 6.70. The van der Waals surface area contributed by atoms with Gasteiger partial charge in [-0.15, -0.1) is 0 Å². The molecular weight excluding hydrogens is 725 g/mol. The maximum Gasteiger partial charge on any atom is 0.435 e. The smallest absolute Gasteiger partial charge is 0.435 e. The van der Waals surface area contributed by atoms with Gasteiger partial charge in [-0.2, -0.15) is 18.3 Å². The molecule has 2 aliphatic heterocycles. The molecule has 16 nitrogen and oxygen atoms in total. The number of aromatic nitrogens is 5. The van der Waals surface area contributed by atoms with Crippen LogP contribution in [0.4, 0.5) is 24.5 Å². The van der Waals surface area contributed by atoms with E-state index < -0.39 is 36.4 Å². The number of aliphatic hydroxyl groups excluding tert-OH is 1. The lowest BCUT2D eigenvalue weighted by Crippen LogP contribution is -2.60. The van der Waals surface area contributed by atoms with Gasteiger partial charge in [-0.05, 0) is 30.3 Å². The molecular formula is C33H36ClF3N10O6. The van der Waals surface area contributed by atoms with Crippen molar-refractivity contribution in [2.75, 3.05) is 57.9 Å². The summed E-state index contributed by atoms with van der Waals surface area (Å²) in [5, 5.41) is 25.0. The Bertz CT molecular complexity index is 2010. The number of anilines is 2. The van der Waals surface area contributed by atoms with Crippen molar-refractivity contribution in [3.05, 3.63) is 71.0 Å². The summed E-state index contributed by atoms with van der Waals surface area (Å²) in [6.45, 7) is 1.39. The number of quaternary nitrogens is 1. The summed E-state index contributed by atoms with van der Waals surface area (Å²) < 4.78 is 44.6. The minimum atomic E-state index is -4.82. The highest BCUT2D eigenvalue weighted by Crippen LogP contribution is 2.37. The molecule has 3 amide bonds. The minimum absolute atomic E-state index is 0.0212. The number of imidazole rings is 1. The van der Waals surface area contributed by atoms with Crippen molar-refractivity contribution in [2.45, 2.75) is 24.7 Å². The van der Waals surface area contributed by atoms with Gasteiger partial charge < -0.3 is 44.9 Å². The first kappa shape index (κ1) is 38.7. The second-order valence-corrected chi connectivity index (χ2v) is 13.4. The largest absolute Gasteiger partial charge is 0.554 e. The SMILES string of the molecule is Cn1c(-c2cn(-c3ccc(N)cn3)nc2C(F)(F)F)cnc1C(=O)Nc1ccc(C(=O)N2CCN(C(=O)[C@@H]3[C@@H](O)CC[N+]3(C)C)CC2)c(Cl)c1.O=C[O-]. The Morgan fingerprint density at radius 1 is 1.08 bits per heavy atom. The first-order valence-electron chi connectivity index (χ1n) is 16.1. The van der Waals surface area contributed by atoms with Crippen LogP contribution in [0.25, 0.3) is 17.1 Å². The predicted octanol–water partition coefficient (Wildman–Crippen LogP) is 1.03. The van der Waals surface area contributed by atoms with Crippen LogP contribution in [0.3, 0.4) is 0 Å². The zero-order valence-corrected chi connectivity index (χ0v) is 29.5. The number of rotatable bonds is 6. The summed E-state index contributed by atoms with van der Waals surface area (Å²) >= 11 is 6.48. The van der Waals surface area contributed by atoms with Crippen molar-refractivity contribution in [3.63, 3.8) is 0 Å². The van der Waals surface area contributed by atoms with E-state index in [1.807, 2.05) is 14.1 Å². The summed E-state index contributed by atoms with van der Waals surface area (Å²) in [4.78, 5) is 59.4. The number of amides is 3. The molecule has 2 atom stereocenters. The number of alkyl halides is 3. The van der Waals surface area contributed by atoms with Gasteiger partial charge in [0.15, 0.2) is 23.4 Å². The molecule has 4 aromatic rings. The number of likely N-dealkylation sites (N-methyl/N-ethyl adjacent to an activating group) is 1. The normalized spacial score (nSPS) is 18.3. The van der Waals surface area contributed by atoms with Crippen molar-refractivity contribution in [1.29, 1.82) is 0 Å². The number of nitrogens with one attached hydrogen (secondary N) is 1. The van der Waals surface area contributed by atoms with Crippen molar-refractivity contribution in [1.82, 2.24) is 34.1 Å². The van der Waals surface area contributed by atoms with Gasteiger partial charge in [0.1, 0.15) is 6.10 Å². The molecule has 0 radical (unpaired) electrons. The number of hydrogen-bond donors (Lipinski definition) is 3. The van der Waals surface area contributed by atoms with Crippen LogP contribution < -0.4 is 16.2 Å². The van der Waals surface area contributed by atoms with E-state index in [2.05, 4.69) is 20.4 Å². The average Bonchev–Trinajstić information content (AvgIpc) is 3.79. The zero-order valence-electron chi connectivity index (χ0n) is 28.7. The minimum Gasteiger partial charge on any atom is -0.554 e. The van der Waals surface area contributed by atoms with E-state index in [9.17, 15) is 32.7 Å². The Morgan fingerprint density at radius 3 is 2.30 bits per heavy atom. The van der Waals surface area contributed by atoms with E-state index >= 15 is 0 Å². The molecule has 2 fully saturated rings. The molecule has 6 rings (SSSR count). The maximum absolute atomic E-state index is 14.0. The Hall–Kier alpha value is -5.53. The number of aliphatic hydroxyl groups is 1. The zero-order chi connectivity index (χ0) is 38.8. The van der Waals surface area contributed by atoms with Gasteiger partial charge in [-0.3, -0.25) is 14.4 Å². The summed E-state index contributed by atoms with van der Waals surface area (Å²) in [5.74, 6) is -1.29. The van der Waals surface area contributed by atoms with E-state index in [1.165, 1.54) is 48.1 Å². The number of nitrogens with zero attached hydrogens (tertiary/aromatic N) is 8. The molecule has 1 aromatic carbocycles. The number of hydrogen-bond acceptors (Lipinski definition) is 10. The van der Waals surface area contributed by atoms with Crippen LogP contribution in [-0.2, 0) is 22.8 Å². The second-order valence-electron chi connectivity index (χ2n) is 13.0. The number of pyridine rings is 1. The molecule has 0 saturated carbocycles. The van der Waals surface area contributed by atoms with E-state index in [-0.39, 0.29) is 64.1 Å². The number of carbonyl (C=O) groups is 4. The lowest BCUT2D eigenvalue weighted by atomic mass is 10.1. The Kier molecular flexibility index (Phi) is 11.1. The number of halogens is 4. The molecule has 5 heterocycles. The van der Waals surface area contributed by atoms with Crippen molar-refractivity contribution >= 4 is 47.2 Å². The van der Waals surface area contributed by atoms with E-state index in [0.29, 0.717) is 36.2 Å². The molecule has 282 valence electrons. The first-order chi connectivity index (χ1) is 25.0. The monoisotopic (exact) mass is 760 g/mol. The summed E-state index contributed by atoms with van der Waals surface area (Å²) in [6.07, 6.45) is -1.40. The van der Waals surface area contributed by atoms with Crippen LogP contribution in [0.2, 0.25) is 5.02 Å². The third kappa shape index (κ3) is 8.11. The highest BCUT2D eigenvalue weighted by Gasteiger charge is 2.49. The molecule has 0 aliphatic carbocycles. The Morgan fingerprint density at radius 2 is 1.74 bits per heavy atom. The van der Waals surface area contributed by atoms with E-state index in [1.54, 1.807) is 9.80 Å². The standard InChI is InChI=1S/C32H34ClF3N10O4.CH2O2/c1-42-23(21-17-45(41-27(21)32(34,35)36)25-7-4-18(37)15-38-25)16-39-28(42)29(48)40-19-5-6-20(22(33)14-19)30(49)43-9-11-44(12-10-43)31(50)26-24(47)8-13-46(26,2)3;2-1-3/h4-7,14-17,24,26,47H,8-13,37H2,1-3H3;1H,(H,2,3)/t24-,26-;/m0./s1. The first-order valence-corrected chi connectivity index (χ1v) is 16.5. The average molecular weight is 761 g/mol. The van der Waals surface area contributed by atoms with Crippen LogP contribution >= 0.6 is 11.6 Å². The van der Waals surface area contributed by atoms with Gasteiger partial charge in [0.05, 0.1) is 60.6 Å². The number of carboxylic acid groups (broad SMARTS) is 1. The fourth-order valence-electron chi connectivity index (χ4n) is 6.42. The fourth-order valence-corrected chi connectivity index (χ4v) is 6.69. The van der Waals surface area contributed by atoms with Crippen LogP contribution in [-0.4, -0.2) is 127 Å². The summed E-state index contributed by atoms with van der Waals surface area (Å²) in [7, 11) is 5.24. The lowest BCUT2D eigenvalue weighted by Gasteiger charge is -2.39.